The number of aliphatic hydroxyl groups excluding tert-OH is 1. The average Bonchev–Trinajstić information content (AvgIpc) is 2.62. The summed E-state index contributed by atoms with van der Waals surface area (Å²) in [5, 5.41) is 7.00. The van der Waals surface area contributed by atoms with Gasteiger partial charge in [-0.2, -0.15) is 0 Å². The molecule has 0 spiro atoms. The molecule has 1 heterocycles. The molecule has 0 saturated carbocycles. The van der Waals surface area contributed by atoms with E-state index in [1.807, 2.05) is 0 Å². The molecule has 3 heteroatoms. The van der Waals surface area contributed by atoms with Gasteiger partial charge in [0.25, 0.3) is 0 Å². The second kappa shape index (κ2) is 44.6. The van der Waals surface area contributed by atoms with Crippen molar-refractivity contribution in [3.05, 3.63) is 0 Å². The van der Waals surface area contributed by atoms with Gasteiger partial charge in [0.1, 0.15) is 0 Å². The van der Waals surface area contributed by atoms with Crippen LogP contribution >= 0.6 is 0 Å². The van der Waals surface area contributed by atoms with Gasteiger partial charge in [-0.25, -0.2) is 0 Å². The molecule has 1 aliphatic rings. The normalized spacial score (nSPS) is 14.2. The van der Waals surface area contributed by atoms with Gasteiger partial charge in [-0.1, -0.05) is 29.7 Å². The zero-order valence-corrected chi connectivity index (χ0v) is 5.72. The number of hydrogen-bond donors (Lipinski definition) is 2. The van der Waals surface area contributed by atoms with Crippen LogP contribution in [0, 0.1) is 0 Å². The molecule has 3 nitrogen and oxygen atoms in total. The number of rotatable bonds is 0. The molecule has 0 aromatic rings. The first-order valence-electron chi connectivity index (χ1n) is 2.53. The van der Waals surface area contributed by atoms with E-state index in [0.717, 1.165) is 13.7 Å². The van der Waals surface area contributed by atoms with E-state index in [0.29, 0.717) is 6.10 Å². The highest BCUT2D eigenvalue weighted by Gasteiger charge is 2.13. The fourth-order valence-corrected chi connectivity index (χ4v) is 0.0962. The molecule has 0 radical (unpaired) electrons. The van der Waals surface area contributed by atoms with Gasteiger partial charge in [-0.3, -0.25) is 0 Å². The second-order valence-corrected chi connectivity index (χ2v) is 1.14. The highest BCUT2D eigenvalue weighted by molar-refractivity contribution is 4.58. The van der Waals surface area contributed by atoms with Crippen LogP contribution in [0.25, 0.3) is 0 Å². The van der Waals surface area contributed by atoms with Crippen molar-refractivity contribution in [3.8, 4) is 0 Å². The predicted octanol–water partition coefficient (Wildman–Crippen LogP) is 2.13. The Kier molecular flexibility index (Phi) is 151. The van der Waals surface area contributed by atoms with Gasteiger partial charge in [-0.05, 0) is 14.0 Å². The van der Waals surface area contributed by atoms with Crippen LogP contribution in [0.1, 0.15) is 36.6 Å². The van der Waals surface area contributed by atoms with Gasteiger partial charge in [0, 0.05) is 7.11 Å². The van der Waals surface area contributed by atoms with E-state index in [-0.39, 0.29) is 29.7 Å². The minimum absolute atomic E-state index is 0. The third kappa shape index (κ3) is 93.9. The van der Waals surface area contributed by atoms with Crippen LogP contribution < -0.4 is 5.73 Å². The molecule has 1 rings (SSSR count). The molecule has 0 aromatic carbocycles. The Morgan fingerprint density at radius 2 is 1.17 bits per heavy atom. The lowest BCUT2D eigenvalue weighted by atomic mass is 10.6. The van der Waals surface area contributed by atoms with Crippen LogP contribution in [-0.4, -0.2) is 32.0 Å². The minimum atomic E-state index is 0. The highest BCUT2D eigenvalue weighted by Crippen LogP contribution is 2.04. The largest absolute Gasteiger partial charge is 0.400 e. The fraction of sp³-hybridized carbons (Fsp3) is 1.00. The fourth-order valence-electron chi connectivity index (χ4n) is 0.0962. The summed E-state index contributed by atoms with van der Waals surface area (Å²) >= 11 is 0. The van der Waals surface area contributed by atoms with E-state index in [9.17, 15) is 0 Å². The Balaban J connectivity index is -0.0000000105. The van der Waals surface area contributed by atoms with Crippen LogP contribution in [0.15, 0.2) is 0 Å². The summed E-state index contributed by atoms with van der Waals surface area (Å²) in [4.78, 5) is 0. The van der Waals surface area contributed by atoms with Crippen LogP contribution in [-0.2, 0) is 4.74 Å². The summed E-state index contributed by atoms with van der Waals surface area (Å²) in [6.45, 7) is 3.04. The van der Waals surface area contributed by atoms with E-state index in [1.165, 1.54) is 7.05 Å². The van der Waals surface area contributed by atoms with Crippen molar-refractivity contribution in [1.82, 2.24) is 0 Å². The van der Waals surface area contributed by atoms with Crippen molar-refractivity contribution >= 4 is 0 Å². The zero-order valence-electron chi connectivity index (χ0n) is 5.72. The van der Waals surface area contributed by atoms with Crippen molar-refractivity contribution in [2.24, 2.45) is 5.73 Å². The van der Waals surface area contributed by atoms with E-state index < -0.39 is 0 Å². The van der Waals surface area contributed by atoms with Gasteiger partial charge in [-0.15, -0.1) is 0 Å². The van der Waals surface area contributed by atoms with Crippen molar-refractivity contribution in [1.29, 1.82) is 0 Å². The maximum atomic E-state index is 7.00. The summed E-state index contributed by atoms with van der Waals surface area (Å²) in [6, 6.07) is 0. The van der Waals surface area contributed by atoms with Crippen LogP contribution in [0.3, 0.4) is 0 Å². The van der Waals surface area contributed by atoms with E-state index >= 15 is 0 Å². The van der Waals surface area contributed by atoms with Crippen molar-refractivity contribution in [2.75, 3.05) is 20.8 Å². The van der Waals surface area contributed by atoms with E-state index in [4.69, 9.17) is 9.84 Å². The Labute approximate surface area is 79.9 Å². The number of aliphatic hydroxyl groups is 1. The Morgan fingerprint density at radius 3 is 1.17 bits per heavy atom. The molecule has 1 unspecified atom stereocenters. The molecule has 12 heavy (non-hydrogen) atoms. The van der Waals surface area contributed by atoms with Gasteiger partial charge in [0.05, 0.1) is 12.7 Å². The summed E-state index contributed by atoms with van der Waals surface area (Å²) in [5.74, 6) is 0. The molecule has 1 saturated heterocycles. The standard InChI is InChI=1S/C3H6O.CH5N.CH4O.4CH4/c1-3-2-4-3;2*1-2;;;;/h3H,2H2,1H3;2H2,1H3;2H,1H3;4*1H4. The summed E-state index contributed by atoms with van der Waals surface area (Å²) < 4.78 is 4.71. The SMILES string of the molecule is C.C.C.C.CC1CO1.CN.CO. The molecule has 84 valence electrons. The first-order valence-corrected chi connectivity index (χ1v) is 2.53. The zero-order chi connectivity index (χ0) is 6.99. The summed E-state index contributed by atoms with van der Waals surface area (Å²) in [7, 11) is 2.50. The smallest absolute Gasteiger partial charge is 0.0781 e. The van der Waals surface area contributed by atoms with Crippen LogP contribution in [0.4, 0.5) is 0 Å². The topological polar surface area (TPSA) is 58.8 Å². The Hall–Kier alpha value is -0.120. The average molecular weight is 185 g/mol. The molecule has 0 amide bonds. The minimum Gasteiger partial charge on any atom is -0.400 e. The Morgan fingerprint density at radius 1 is 1.08 bits per heavy atom. The van der Waals surface area contributed by atoms with Crippen molar-refractivity contribution in [2.45, 2.75) is 42.7 Å². The molecule has 0 aromatic heterocycles. The molecule has 3 N–H and O–H groups in total. The maximum absolute atomic E-state index is 7.00. The van der Waals surface area contributed by atoms with Gasteiger partial charge in [0.2, 0.25) is 0 Å². The lowest BCUT2D eigenvalue weighted by Gasteiger charge is -1.50. The molecule has 1 atom stereocenters. The molecular formula is C9H31NO2. The lowest BCUT2D eigenvalue weighted by molar-refractivity contribution is 0.399. The monoisotopic (exact) mass is 185 g/mol. The number of nitrogens with two attached hydrogens (primary N) is 1. The highest BCUT2D eigenvalue weighted by atomic mass is 16.6. The molecule has 0 aliphatic carbocycles. The van der Waals surface area contributed by atoms with Crippen molar-refractivity contribution in [3.63, 3.8) is 0 Å². The quantitative estimate of drug-likeness (QED) is 0.568. The summed E-state index contributed by atoms with van der Waals surface area (Å²) in [5.41, 5.74) is 4.50. The van der Waals surface area contributed by atoms with Crippen molar-refractivity contribution < 1.29 is 9.84 Å². The van der Waals surface area contributed by atoms with Gasteiger partial charge >= 0.3 is 0 Å². The molecule has 1 aliphatic heterocycles. The number of epoxide rings is 1. The number of hydrogen-bond acceptors (Lipinski definition) is 3. The van der Waals surface area contributed by atoms with Crippen LogP contribution in [0.2, 0.25) is 0 Å². The van der Waals surface area contributed by atoms with Crippen LogP contribution in [0.5, 0.6) is 0 Å². The second-order valence-electron chi connectivity index (χ2n) is 1.14. The third-order valence-corrected chi connectivity index (χ3v) is 0.500. The first-order chi connectivity index (χ1) is 3.89. The van der Waals surface area contributed by atoms with Gasteiger partial charge < -0.3 is 15.6 Å². The molecule has 1 fully saturated rings. The van der Waals surface area contributed by atoms with E-state index in [1.54, 1.807) is 0 Å². The number of ether oxygens (including phenoxy) is 1. The lowest BCUT2D eigenvalue weighted by Crippen LogP contribution is -1.69. The summed E-state index contributed by atoms with van der Waals surface area (Å²) in [6.07, 6.45) is 0.583. The third-order valence-electron chi connectivity index (χ3n) is 0.500. The molecule has 0 bridgehead atoms. The maximum Gasteiger partial charge on any atom is 0.0781 e. The first kappa shape index (κ1) is 40.7. The predicted molar refractivity (Wildman–Crippen MR) is 60.6 cm³/mol. The molecular weight excluding hydrogens is 154 g/mol. The Bertz CT molecular complexity index is 31.7. The van der Waals surface area contributed by atoms with E-state index in [2.05, 4.69) is 12.7 Å². The van der Waals surface area contributed by atoms with Gasteiger partial charge in [0.15, 0.2) is 0 Å².